The van der Waals surface area contributed by atoms with Gasteiger partial charge in [-0.05, 0) is 41.2 Å². The summed E-state index contributed by atoms with van der Waals surface area (Å²) < 4.78 is 28.3. The van der Waals surface area contributed by atoms with Gasteiger partial charge in [-0.2, -0.15) is 8.78 Å². The molecule has 15 nitrogen and oxygen atoms in total. The van der Waals surface area contributed by atoms with E-state index >= 15 is 0 Å². The Hall–Kier alpha value is -5.44. The van der Waals surface area contributed by atoms with Gasteiger partial charge < -0.3 is 30.4 Å². The molecule has 7 rings (SSSR count). The number of tetrazole rings is 1. The molecule has 3 N–H and O–H groups in total. The number of anilines is 1. The second kappa shape index (κ2) is 17.6. The van der Waals surface area contributed by atoms with Gasteiger partial charge in [0.2, 0.25) is 11.1 Å². The SMILES string of the molecule is CN(C)CCn1nnnc1SCC1(C(=O)O)CS[C@@H]2C(NC(=O)C(=NOC(F)F)c3csc(NC(c4ccccc4)(c4ccccc4)c4ccccc4)n3)C(=O)N2C1. The van der Waals surface area contributed by atoms with Crippen molar-refractivity contribution >= 4 is 63.5 Å². The van der Waals surface area contributed by atoms with E-state index in [1.807, 2.05) is 110 Å². The minimum absolute atomic E-state index is 0.0662. The van der Waals surface area contributed by atoms with Gasteiger partial charge in [-0.25, -0.2) is 9.67 Å². The van der Waals surface area contributed by atoms with Crippen LogP contribution in [0.15, 0.2) is 107 Å². The fraction of sp³-hybridized carbons (Fsp3) is 0.316. The number of alkyl halides is 2. The van der Waals surface area contributed by atoms with Crippen LogP contribution >= 0.6 is 34.9 Å². The van der Waals surface area contributed by atoms with Gasteiger partial charge in [0.15, 0.2) is 10.8 Å². The minimum atomic E-state index is -3.34. The van der Waals surface area contributed by atoms with Crippen molar-refractivity contribution in [2.45, 2.75) is 35.3 Å². The maximum Gasteiger partial charge on any atom is 0.407 e. The van der Waals surface area contributed by atoms with E-state index in [0.29, 0.717) is 23.4 Å². The lowest BCUT2D eigenvalue weighted by atomic mass is 9.77. The number of amides is 2. The minimum Gasteiger partial charge on any atom is -0.481 e. The van der Waals surface area contributed by atoms with Crippen LogP contribution in [-0.4, -0.2) is 120 Å². The Balaban J connectivity index is 1.09. The first-order valence-corrected chi connectivity index (χ1v) is 20.8. The van der Waals surface area contributed by atoms with Gasteiger partial charge in [0.05, 0.1) is 6.54 Å². The number of benzene rings is 3. The number of carbonyl (C=O) groups excluding carboxylic acids is 2. The maximum absolute atomic E-state index is 13.8. The van der Waals surface area contributed by atoms with E-state index in [1.54, 1.807) is 4.68 Å². The molecule has 0 bridgehead atoms. The van der Waals surface area contributed by atoms with Crippen LogP contribution in [0.3, 0.4) is 0 Å². The van der Waals surface area contributed by atoms with Crippen LogP contribution < -0.4 is 10.6 Å². The van der Waals surface area contributed by atoms with Crippen molar-refractivity contribution in [3.05, 3.63) is 119 Å². The van der Waals surface area contributed by atoms with Gasteiger partial charge in [-0.3, -0.25) is 14.4 Å². The quantitative estimate of drug-likeness (QED) is 0.0397. The van der Waals surface area contributed by atoms with Crippen molar-refractivity contribution in [3.8, 4) is 0 Å². The van der Waals surface area contributed by atoms with Crippen LogP contribution in [0.2, 0.25) is 0 Å². The van der Waals surface area contributed by atoms with Crippen molar-refractivity contribution in [1.82, 2.24) is 40.3 Å². The van der Waals surface area contributed by atoms with E-state index in [4.69, 9.17) is 0 Å². The highest BCUT2D eigenvalue weighted by atomic mass is 32.2. The maximum atomic E-state index is 13.8. The number of hydrogen-bond acceptors (Lipinski definition) is 14. The summed E-state index contributed by atoms with van der Waals surface area (Å²) in [7, 11) is 3.83. The molecule has 2 aliphatic rings. The summed E-state index contributed by atoms with van der Waals surface area (Å²) in [5, 5.41) is 33.5. The summed E-state index contributed by atoms with van der Waals surface area (Å²) in [6, 6.07) is 28.1. The predicted molar refractivity (Wildman–Crippen MR) is 216 cm³/mol. The molecule has 4 heterocycles. The molecular formula is C38H38F2N10O5S3. The molecular weight excluding hydrogens is 811 g/mol. The highest BCUT2D eigenvalue weighted by Gasteiger charge is 2.57. The van der Waals surface area contributed by atoms with E-state index in [1.165, 1.54) is 33.8 Å². The third-order valence-corrected chi connectivity index (χ3v) is 13.3. The molecule has 2 aromatic heterocycles. The number of carboxylic acids is 1. The Morgan fingerprint density at radius 3 is 2.24 bits per heavy atom. The molecule has 0 saturated carbocycles. The standard InChI is InChI=1S/C38H38F2N10O5S3/c1-48(2)18-19-50-36(44-46-47-50)58-23-37(33(53)54)21-49-31(52)29(32(49)57-22-37)42-30(51)28(45-55-34(39)40)27-20-56-35(41-27)43-38(24-12-6-3-7-13-24,25-14-8-4-9-15-25)26-16-10-5-11-17-26/h3-17,20,29,32,34H,18-19,21-23H2,1-2H3,(H,41,43)(H,42,51)(H,53,54)/t29?,32-,37?/m1/s1. The zero-order chi connectivity index (χ0) is 40.9. The number of nitrogens with one attached hydrogen (secondary N) is 2. The summed E-state index contributed by atoms with van der Waals surface area (Å²) in [6.45, 7) is -2.27. The molecule has 2 amide bonds. The van der Waals surface area contributed by atoms with Crippen molar-refractivity contribution in [2.75, 3.05) is 44.0 Å². The molecule has 58 heavy (non-hydrogen) atoms. The Labute approximate surface area is 344 Å². The number of thioether (sulfide) groups is 2. The van der Waals surface area contributed by atoms with E-state index in [2.05, 4.69) is 41.1 Å². The Morgan fingerprint density at radius 1 is 1.05 bits per heavy atom. The summed E-state index contributed by atoms with van der Waals surface area (Å²) in [4.78, 5) is 52.3. The number of fused-ring (bicyclic) bond motifs is 1. The normalized spacial score (nSPS) is 19.4. The number of halogens is 2. The number of β-lactam (4-membered cyclic amide) rings is 1. The number of aliphatic carboxylic acids is 1. The topological polar surface area (TPSA) is 180 Å². The molecule has 0 aliphatic carbocycles. The zero-order valence-corrected chi connectivity index (χ0v) is 33.6. The van der Waals surface area contributed by atoms with E-state index in [0.717, 1.165) is 28.0 Å². The monoisotopic (exact) mass is 848 g/mol. The molecule has 2 fully saturated rings. The molecule has 0 spiro atoms. The summed E-state index contributed by atoms with van der Waals surface area (Å²) in [5.74, 6) is -2.36. The lowest BCUT2D eigenvalue weighted by molar-refractivity contribution is -0.157. The molecule has 2 saturated heterocycles. The largest absolute Gasteiger partial charge is 0.481 e. The smallest absolute Gasteiger partial charge is 0.407 e. The number of oxime groups is 1. The summed E-state index contributed by atoms with van der Waals surface area (Å²) in [5.41, 5.74) is -0.261. The molecule has 20 heteroatoms. The van der Waals surface area contributed by atoms with Gasteiger partial charge in [0.25, 0.3) is 5.91 Å². The fourth-order valence-corrected chi connectivity index (χ4v) is 10.2. The van der Waals surface area contributed by atoms with Crippen LogP contribution in [0.1, 0.15) is 22.4 Å². The predicted octanol–water partition coefficient (Wildman–Crippen LogP) is 4.30. The van der Waals surface area contributed by atoms with Gasteiger partial charge in [-0.15, -0.1) is 28.2 Å². The van der Waals surface area contributed by atoms with E-state index < -0.39 is 52.5 Å². The number of likely N-dealkylation sites (N-methyl/N-ethyl adjacent to an activating group) is 1. The molecule has 2 aliphatic heterocycles. The molecule has 3 atom stereocenters. The Kier molecular flexibility index (Phi) is 12.4. The second-order valence-electron chi connectivity index (χ2n) is 13.8. The lowest BCUT2D eigenvalue weighted by Gasteiger charge is -2.53. The molecule has 0 radical (unpaired) electrons. The first kappa shape index (κ1) is 40.7. The number of nitrogens with zero attached hydrogens (tertiary/aromatic N) is 8. The molecule has 3 aromatic carbocycles. The highest BCUT2D eigenvalue weighted by Crippen LogP contribution is 2.45. The molecule has 302 valence electrons. The van der Waals surface area contributed by atoms with Crippen LogP contribution in [-0.2, 0) is 31.3 Å². The van der Waals surface area contributed by atoms with Gasteiger partial charge >= 0.3 is 12.6 Å². The van der Waals surface area contributed by atoms with Crippen molar-refractivity contribution in [2.24, 2.45) is 10.6 Å². The first-order chi connectivity index (χ1) is 28.0. The number of thiazole rings is 1. The van der Waals surface area contributed by atoms with Crippen LogP contribution in [0.5, 0.6) is 0 Å². The number of rotatable bonds is 17. The first-order valence-electron chi connectivity index (χ1n) is 17.9. The lowest BCUT2D eigenvalue weighted by Crippen LogP contribution is -2.74. The molecule has 5 aromatic rings. The second-order valence-corrected chi connectivity index (χ2v) is 16.7. The third kappa shape index (κ3) is 8.40. The zero-order valence-electron chi connectivity index (χ0n) is 31.1. The van der Waals surface area contributed by atoms with E-state index in [-0.39, 0.29) is 23.7 Å². The van der Waals surface area contributed by atoms with Crippen molar-refractivity contribution in [3.63, 3.8) is 0 Å². The Bertz CT molecular complexity index is 2150. The molecule has 2 unspecified atom stereocenters. The van der Waals surface area contributed by atoms with Gasteiger partial charge in [0.1, 0.15) is 28.1 Å². The highest BCUT2D eigenvalue weighted by molar-refractivity contribution is 8.00. The van der Waals surface area contributed by atoms with Crippen molar-refractivity contribution in [1.29, 1.82) is 0 Å². The number of carbonyl (C=O) groups is 3. The summed E-state index contributed by atoms with van der Waals surface area (Å²) >= 11 is 3.53. The van der Waals surface area contributed by atoms with Gasteiger partial charge in [0, 0.05) is 30.0 Å². The van der Waals surface area contributed by atoms with Crippen LogP contribution in [0, 0.1) is 5.41 Å². The van der Waals surface area contributed by atoms with Crippen molar-refractivity contribution < 1.29 is 33.1 Å². The van der Waals surface area contributed by atoms with E-state index in [9.17, 15) is 28.3 Å². The van der Waals surface area contributed by atoms with Crippen LogP contribution in [0.25, 0.3) is 0 Å². The number of carboxylic acid groups (broad SMARTS) is 1. The fourth-order valence-electron chi connectivity index (χ4n) is 6.73. The van der Waals surface area contributed by atoms with Crippen LogP contribution in [0.4, 0.5) is 13.9 Å². The average molecular weight is 849 g/mol. The summed E-state index contributed by atoms with van der Waals surface area (Å²) in [6.07, 6.45) is 0. The number of aromatic nitrogens is 5. The number of hydrogen-bond donors (Lipinski definition) is 3. The Morgan fingerprint density at radius 2 is 1.67 bits per heavy atom. The average Bonchev–Trinajstić information content (AvgIpc) is 3.90. The third-order valence-electron chi connectivity index (χ3n) is 9.72. The van der Waals surface area contributed by atoms with Gasteiger partial charge in [-0.1, -0.05) is 108 Å².